The Hall–Kier alpha value is -0.820. The Labute approximate surface area is 124 Å². The second-order valence-electron chi connectivity index (χ2n) is 5.88. The summed E-state index contributed by atoms with van der Waals surface area (Å²) in [5, 5.41) is 12.3. The average molecular weight is 312 g/mol. The van der Waals surface area contributed by atoms with E-state index in [9.17, 15) is 23.1 Å². The van der Waals surface area contributed by atoms with Crippen molar-refractivity contribution >= 4 is 5.97 Å². The Balaban J connectivity index is 4.24. The van der Waals surface area contributed by atoms with Gasteiger partial charge < -0.3 is 5.11 Å². The second-order valence-corrected chi connectivity index (χ2v) is 5.88. The molecule has 0 fully saturated rings. The predicted molar refractivity (Wildman–Crippen MR) is 76.3 cm³/mol. The summed E-state index contributed by atoms with van der Waals surface area (Å²) in [6.07, 6.45) is -2.68. The zero-order valence-corrected chi connectivity index (χ0v) is 13.3. The van der Waals surface area contributed by atoms with Crippen LogP contribution >= 0.6 is 0 Å². The second kappa shape index (κ2) is 8.58. The number of hydrogen-bond acceptors (Lipinski definition) is 3. The van der Waals surface area contributed by atoms with E-state index in [1.165, 1.54) is 4.90 Å². The van der Waals surface area contributed by atoms with E-state index in [1.807, 2.05) is 13.8 Å². The van der Waals surface area contributed by atoms with Crippen molar-refractivity contribution in [1.82, 2.24) is 10.2 Å². The number of halogens is 3. The van der Waals surface area contributed by atoms with Crippen LogP contribution < -0.4 is 5.32 Å². The maximum absolute atomic E-state index is 12.3. The van der Waals surface area contributed by atoms with Gasteiger partial charge in [-0.05, 0) is 53.1 Å². The van der Waals surface area contributed by atoms with Gasteiger partial charge in [0, 0.05) is 6.04 Å². The lowest BCUT2D eigenvalue weighted by Crippen LogP contribution is -2.52. The Bertz CT molecular complexity index is 322. The molecule has 0 rings (SSSR count). The number of alkyl halides is 3. The molecule has 2 N–H and O–H groups in total. The molecule has 126 valence electrons. The van der Waals surface area contributed by atoms with Crippen LogP contribution in [0.3, 0.4) is 0 Å². The summed E-state index contributed by atoms with van der Waals surface area (Å²) in [5.74, 6) is -0.932. The normalized spacial score (nSPS) is 15.5. The molecule has 0 saturated heterocycles. The van der Waals surface area contributed by atoms with Crippen LogP contribution in [0.15, 0.2) is 0 Å². The third-order valence-electron chi connectivity index (χ3n) is 3.33. The van der Waals surface area contributed by atoms with Crippen molar-refractivity contribution in [2.24, 2.45) is 0 Å². The topological polar surface area (TPSA) is 52.6 Å². The molecule has 0 heterocycles. The fraction of sp³-hybridized carbons (Fsp3) is 0.929. The Morgan fingerprint density at radius 3 is 2.24 bits per heavy atom. The number of rotatable bonds is 10. The van der Waals surface area contributed by atoms with Crippen LogP contribution in [0.1, 0.15) is 47.0 Å². The number of aliphatic carboxylic acids is 1. The van der Waals surface area contributed by atoms with Crippen LogP contribution in [-0.2, 0) is 4.79 Å². The molecule has 4 nitrogen and oxygen atoms in total. The minimum absolute atomic E-state index is 0.0310. The lowest BCUT2D eigenvalue weighted by atomic mass is 9.94. The molecule has 0 aromatic heterocycles. The summed E-state index contributed by atoms with van der Waals surface area (Å²) in [6, 6.07) is 0.0310. The van der Waals surface area contributed by atoms with E-state index in [2.05, 4.69) is 5.32 Å². The van der Waals surface area contributed by atoms with Gasteiger partial charge in [0.25, 0.3) is 0 Å². The van der Waals surface area contributed by atoms with E-state index in [0.717, 1.165) is 0 Å². The third-order valence-corrected chi connectivity index (χ3v) is 3.33. The molecule has 0 saturated carbocycles. The molecule has 1 atom stereocenters. The monoisotopic (exact) mass is 312 g/mol. The van der Waals surface area contributed by atoms with E-state index in [0.29, 0.717) is 32.4 Å². The van der Waals surface area contributed by atoms with E-state index in [4.69, 9.17) is 0 Å². The minimum atomic E-state index is -4.19. The maximum atomic E-state index is 12.3. The van der Waals surface area contributed by atoms with Crippen molar-refractivity contribution in [2.75, 3.05) is 19.6 Å². The predicted octanol–water partition coefficient (Wildman–Crippen LogP) is 2.88. The first-order chi connectivity index (χ1) is 9.50. The Morgan fingerprint density at radius 1 is 1.29 bits per heavy atom. The molecule has 21 heavy (non-hydrogen) atoms. The van der Waals surface area contributed by atoms with Crippen LogP contribution in [0.5, 0.6) is 0 Å². The van der Waals surface area contributed by atoms with E-state index in [1.54, 1.807) is 13.8 Å². The van der Waals surface area contributed by atoms with Crippen LogP contribution in [0.4, 0.5) is 13.2 Å². The first kappa shape index (κ1) is 20.2. The number of carboxylic acids is 1. The average Bonchev–Trinajstić information content (AvgIpc) is 2.30. The van der Waals surface area contributed by atoms with Crippen LogP contribution in [0, 0.1) is 0 Å². The molecule has 0 spiro atoms. The summed E-state index contributed by atoms with van der Waals surface area (Å²) in [6.45, 7) is 6.78. The standard InChI is InChI=1S/C14H27F3N2O2/c1-5-19(10-14(15,16)17)9-7-6-8-13(4,12(20)21)18-11(2)3/h11,18H,5-10H2,1-4H3,(H,20,21). The summed E-state index contributed by atoms with van der Waals surface area (Å²) in [7, 11) is 0. The zero-order valence-electron chi connectivity index (χ0n) is 13.3. The molecule has 0 radical (unpaired) electrons. The molecule has 0 aliphatic heterocycles. The third kappa shape index (κ3) is 8.93. The molecule has 0 aromatic rings. The summed E-state index contributed by atoms with van der Waals surface area (Å²) in [5.41, 5.74) is -1.03. The van der Waals surface area contributed by atoms with Crippen molar-refractivity contribution in [1.29, 1.82) is 0 Å². The van der Waals surface area contributed by atoms with Gasteiger partial charge in [0.2, 0.25) is 0 Å². The molecule has 0 aliphatic carbocycles. The van der Waals surface area contributed by atoms with Gasteiger partial charge in [-0.3, -0.25) is 15.0 Å². The van der Waals surface area contributed by atoms with Gasteiger partial charge in [-0.25, -0.2) is 0 Å². The zero-order chi connectivity index (χ0) is 16.7. The molecular formula is C14H27F3N2O2. The van der Waals surface area contributed by atoms with Crippen LogP contribution in [0.25, 0.3) is 0 Å². The fourth-order valence-corrected chi connectivity index (χ4v) is 2.29. The number of carboxylic acid groups (broad SMARTS) is 1. The number of nitrogens with zero attached hydrogens (tertiary/aromatic N) is 1. The highest BCUT2D eigenvalue weighted by Gasteiger charge is 2.33. The molecule has 0 amide bonds. The Morgan fingerprint density at radius 2 is 1.86 bits per heavy atom. The maximum Gasteiger partial charge on any atom is 0.401 e. The van der Waals surface area contributed by atoms with Crippen molar-refractivity contribution < 1.29 is 23.1 Å². The molecule has 0 bridgehead atoms. The van der Waals surface area contributed by atoms with Gasteiger partial charge in [0.15, 0.2) is 0 Å². The summed E-state index contributed by atoms with van der Waals surface area (Å²) < 4.78 is 36.9. The molecular weight excluding hydrogens is 285 g/mol. The summed E-state index contributed by atoms with van der Waals surface area (Å²) >= 11 is 0. The van der Waals surface area contributed by atoms with Gasteiger partial charge >= 0.3 is 12.1 Å². The van der Waals surface area contributed by atoms with Crippen LogP contribution in [-0.4, -0.2) is 53.4 Å². The highest BCUT2D eigenvalue weighted by Crippen LogP contribution is 2.18. The highest BCUT2D eigenvalue weighted by atomic mass is 19.4. The van der Waals surface area contributed by atoms with E-state index >= 15 is 0 Å². The van der Waals surface area contributed by atoms with Crippen molar-refractivity contribution in [3.63, 3.8) is 0 Å². The van der Waals surface area contributed by atoms with E-state index < -0.39 is 24.2 Å². The van der Waals surface area contributed by atoms with Crippen molar-refractivity contribution in [3.05, 3.63) is 0 Å². The lowest BCUT2D eigenvalue weighted by molar-refractivity contribution is -0.145. The van der Waals surface area contributed by atoms with Gasteiger partial charge in [-0.1, -0.05) is 6.92 Å². The SMILES string of the molecule is CCN(CCCCC(C)(NC(C)C)C(=O)O)CC(F)(F)F. The lowest BCUT2D eigenvalue weighted by Gasteiger charge is -2.29. The van der Waals surface area contributed by atoms with Crippen LogP contribution in [0.2, 0.25) is 0 Å². The van der Waals surface area contributed by atoms with Gasteiger partial charge in [0.1, 0.15) is 5.54 Å². The molecule has 0 aliphatic rings. The first-order valence-electron chi connectivity index (χ1n) is 7.30. The molecule has 7 heteroatoms. The largest absolute Gasteiger partial charge is 0.480 e. The molecule has 0 aromatic carbocycles. The van der Waals surface area contributed by atoms with Gasteiger partial charge in [0.05, 0.1) is 6.54 Å². The van der Waals surface area contributed by atoms with E-state index in [-0.39, 0.29) is 6.04 Å². The van der Waals surface area contributed by atoms with Gasteiger partial charge in [-0.15, -0.1) is 0 Å². The smallest absolute Gasteiger partial charge is 0.401 e. The number of hydrogen-bond donors (Lipinski definition) is 2. The van der Waals surface area contributed by atoms with Crippen molar-refractivity contribution in [2.45, 2.75) is 64.7 Å². The fourth-order valence-electron chi connectivity index (χ4n) is 2.29. The number of unbranched alkanes of at least 4 members (excludes halogenated alkanes) is 1. The van der Waals surface area contributed by atoms with Gasteiger partial charge in [-0.2, -0.15) is 13.2 Å². The highest BCUT2D eigenvalue weighted by molar-refractivity contribution is 5.78. The quantitative estimate of drug-likeness (QED) is 0.609. The summed E-state index contributed by atoms with van der Waals surface area (Å²) in [4.78, 5) is 12.6. The Kier molecular flexibility index (Phi) is 8.25. The minimum Gasteiger partial charge on any atom is -0.480 e. The number of carbonyl (C=O) groups is 1. The number of nitrogens with one attached hydrogen (secondary N) is 1. The molecule has 1 unspecified atom stereocenters. The van der Waals surface area contributed by atoms with Crippen molar-refractivity contribution in [3.8, 4) is 0 Å². The first-order valence-corrected chi connectivity index (χ1v) is 7.30.